The summed E-state index contributed by atoms with van der Waals surface area (Å²) in [6.07, 6.45) is 2.32. The van der Waals surface area contributed by atoms with E-state index in [1.165, 1.54) is 6.42 Å². The number of hydrogen-bond acceptors (Lipinski definition) is 3. The normalized spacial score (nSPS) is 18.4. The fourth-order valence-corrected chi connectivity index (χ4v) is 2.96. The highest BCUT2D eigenvalue weighted by atomic mass is 16.3. The second-order valence-electron chi connectivity index (χ2n) is 6.34. The molecule has 0 spiro atoms. The lowest BCUT2D eigenvalue weighted by molar-refractivity contribution is 0.157. The van der Waals surface area contributed by atoms with Gasteiger partial charge in [-0.1, -0.05) is 26.0 Å². The van der Waals surface area contributed by atoms with Gasteiger partial charge in [-0.25, -0.2) is 0 Å². The maximum atomic E-state index is 10.3. The number of phenolic OH excluding ortho intramolecular Hbond substituents is 1. The Bertz CT molecular complexity index is 425. The number of aryl methyl sites for hydroxylation is 1. The van der Waals surface area contributed by atoms with Gasteiger partial charge in [-0.2, -0.15) is 0 Å². The Balaban J connectivity index is 2.19. The minimum atomic E-state index is 0.347. The average Bonchev–Trinajstić information content (AvgIpc) is 2.42. The molecule has 1 atom stereocenters. The third kappa shape index (κ3) is 3.97. The second-order valence-corrected chi connectivity index (χ2v) is 6.34. The Morgan fingerprint density at radius 1 is 1.20 bits per heavy atom. The van der Waals surface area contributed by atoms with Gasteiger partial charge in [-0.3, -0.25) is 4.90 Å². The van der Waals surface area contributed by atoms with Gasteiger partial charge in [0.05, 0.1) is 0 Å². The number of benzene rings is 1. The van der Waals surface area contributed by atoms with Gasteiger partial charge in [0.1, 0.15) is 5.75 Å². The standard InChI is InChI=1S/C17H28N2O/c1-13(2)4-7-16(19-10-8-18-9-11-19)15-6-5-14(3)12-17(15)20/h5-6,12-13,16,18,20H,4,7-11H2,1-3H3/t16-/m1/s1. The molecule has 1 saturated heterocycles. The Kier molecular flexibility index (Phi) is 5.44. The molecular formula is C17H28N2O. The summed E-state index contributed by atoms with van der Waals surface area (Å²) in [6.45, 7) is 10.8. The van der Waals surface area contributed by atoms with Gasteiger partial charge in [0.25, 0.3) is 0 Å². The SMILES string of the molecule is Cc1ccc([C@@H](CCC(C)C)N2CCNCC2)c(O)c1. The number of hydrogen-bond donors (Lipinski definition) is 2. The molecule has 0 aliphatic carbocycles. The molecule has 20 heavy (non-hydrogen) atoms. The van der Waals surface area contributed by atoms with E-state index < -0.39 is 0 Å². The second kappa shape index (κ2) is 7.09. The van der Waals surface area contributed by atoms with Crippen LogP contribution in [0.5, 0.6) is 5.75 Å². The van der Waals surface area contributed by atoms with E-state index in [-0.39, 0.29) is 0 Å². The van der Waals surface area contributed by atoms with E-state index in [1.54, 1.807) is 0 Å². The van der Waals surface area contributed by atoms with E-state index in [4.69, 9.17) is 0 Å². The zero-order chi connectivity index (χ0) is 14.5. The molecule has 0 aromatic heterocycles. The van der Waals surface area contributed by atoms with Crippen LogP contribution in [0.15, 0.2) is 18.2 Å². The van der Waals surface area contributed by atoms with Crippen molar-refractivity contribution in [2.75, 3.05) is 26.2 Å². The molecule has 0 unspecified atom stereocenters. The Labute approximate surface area is 123 Å². The van der Waals surface area contributed by atoms with Gasteiger partial charge < -0.3 is 10.4 Å². The van der Waals surface area contributed by atoms with Crippen LogP contribution in [-0.4, -0.2) is 36.2 Å². The van der Waals surface area contributed by atoms with E-state index in [0.29, 0.717) is 17.7 Å². The lowest BCUT2D eigenvalue weighted by atomic mass is 9.94. The van der Waals surface area contributed by atoms with Crippen molar-refractivity contribution in [2.24, 2.45) is 5.92 Å². The number of rotatable bonds is 5. The molecule has 3 heteroatoms. The number of nitrogens with zero attached hydrogens (tertiary/aromatic N) is 1. The highest BCUT2D eigenvalue weighted by Crippen LogP contribution is 2.33. The third-order valence-corrected chi connectivity index (χ3v) is 4.15. The van der Waals surface area contributed by atoms with Crippen molar-refractivity contribution >= 4 is 0 Å². The number of nitrogens with one attached hydrogen (secondary N) is 1. The van der Waals surface area contributed by atoms with Gasteiger partial charge in [-0.05, 0) is 37.3 Å². The predicted octanol–water partition coefficient (Wildman–Crippen LogP) is 3.08. The minimum Gasteiger partial charge on any atom is -0.508 e. The monoisotopic (exact) mass is 276 g/mol. The lowest BCUT2D eigenvalue weighted by Gasteiger charge is -2.36. The van der Waals surface area contributed by atoms with Gasteiger partial charge in [0, 0.05) is 37.8 Å². The quantitative estimate of drug-likeness (QED) is 0.867. The van der Waals surface area contributed by atoms with Crippen LogP contribution in [0.2, 0.25) is 0 Å². The topological polar surface area (TPSA) is 35.5 Å². The summed E-state index contributed by atoms with van der Waals surface area (Å²) in [6, 6.07) is 6.46. The van der Waals surface area contributed by atoms with Crippen molar-refractivity contribution < 1.29 is 5.11 Å². The summed E-state index contributed by atoms with van der Waals surface area (Å²) >= 11 is 0. The molecule has 1 fully saturated rings. The average molecular weight is 276 g/mol. The van der Waals surface area contributed by atoms with Crippen LogP contribution in [0.3, 0.4) is 0 Å². The number of piperazine rings is 1. The van der Waals surface area contributed by atoms with E-state index in [1.807, 2.05) is 13.0 Å². The molecule has 3 nitrogen and oxygen atoms in total. The first-order valence-electron chi connectivity index (χ1n) is 7.82. The maximum absolute atomic E-state index is 10.3. The highest BCUT2D eigenvalue weighted by molar-refractivity contribution is 5.38. The molecule has 0 radical (unpaired) electrons. The summed E-state index contributed by atoms with van der Waals surface area (Å²) < 4.78 is 0. The first-order valence-corrected chi connectivity index (χ1v) is 7.82. The predicted molar refractivity (Wildman–Crippen MR) is 84.1 cm³/mol. The van der Waals surface area contributed by atoms with E-state index in [2.05, 4.69) is 36.2 Å². The van der Waals surface area contributed by atoms with Crippen molar-refractivity contribution in [2.45, 2.75) is 39.7 Å². The summed E-state index contributed by atoms with van der Waals surface area (Å²) in [5, 5.41) is 13.7. The summed E-state index contributed by atoms with van der Waals surface area (Å²) in [4.78, 5) is 2.52. The molecule has 1 aliphatic rings. The largest absolute Gasteiger partial charge is 0.508 e. The molecule has 1 aromatic rings. The zero-order valence-corrected chi connectivity index (χ0v) is 13.0. The first kappa shape index (κ1) is 15.3. The molecule has 0 bridgehead atoms. The Morgan fingerprint density at radius 3 is 2.50 bits per heavy atom. The molecule has 112 valence electrons. The van der Waals surface area contributed by atoms with Crippen molar-refractivity contribution in [3.8, 4) is 5.75 Å². The lowest BCUT2D eigenvalue weighted by Crippen LogP contribution is -2.45. The van der Waals surface area contributed by atoms with E-state index >= 15 is 0 Å². The van der Waals surface area contributed by atoms with Gasteiger partial charge in [0.15, 0.2) is 0 Å². The smallest absolute Gasteiger partial charge is 0.120 e. The zero-order valence-electron chi connectivity index (χ0n) is 13.0. The van der Waals surface area contributed by atoms with Crippen molar-refractivity contribution in [1.29, 1.82) is 0 Å². The van der Waals surface area contributed by atoms with Crippen molar-refractivity contribution in [3.63, 3.8) is 0 Å². The van der Waals surface area contributed by atoms with Crippen LogP contribution in [0, 0.1) is 12.8 Å². The molecule has 2 rings (SSSR count). The van der Waals surface area contributed by atoms with Gasteiger partial charge in [0.2, 0.25) is 0 Å². The molecule has 1 aliphatic heterocycles. The van der Waals surface area contributed by atoms with E-state index in [9.17, 15) is 5.11 Å². The summed E-state index contributed by atoms with van der Waals surface area (Å²) in [5.74, 6) is 1.16. The molecule has 2 N–H and O–H groups in total. The highest BCUT2D eigenvalue weighted by Gasteiger charge is 2.24. The molecule has 0 saturated carbocycles. The van der Waals surface area contributed by atoms with Crippen LogP contribution < -0.4 is 5.32 Å². The van der Waals surface area contributed by atoms with Crippen LogP contribution in [0.4, 0.5) is 0 Å². The fourth-order valence-electron chi connectivity index (χ4n) is 2.96. The molecule has 1 aromatic carbocycles. The maximum Gasteiger partial charge on any atom is 0.120 e. The summed E-state index contributed by atoms with van der Waals surface area (Å²) in [7, 11) is 0. The van der Waals surface area contributed by atoms with Crippen LogP contribution in [0.25, 0.3) is 0 Å². The van der Waals surface area contributed by atoms with Gasteiger partial charge in [-0.15, -0.1) is 0 Å². The van der Waals surface area contributed by atoms with Crippen LogP contribution >= 0.6 is 0 Å². The summed E-state index contributed by atoms with van der Waals surface area (Å²) in [5.41, 5.74) is 2.22. The minimum absolute atomic E-state index is 0.347. The molecular weight excluding hydrogens is 248 g/mol. The molecule has 0 amide bonds. The number of phenols is 1. The van der Waals surface area contributed by atoms with Crippen LogP contribution in [-0.2, 0) is 0 Å². The van der Waals surface area contributed by atoms with E-state index in [0.717, 1.165) is 43.7 Å². The van der Waals surface area contributed by atoms with Crippen LogP contribution in [0.1, 0.15) is 43.9 Å². The fraction of sp³-hybridized carbons (Fsp3) is 0.647. The first-order chi connectivity index (χ1) is 9.58. The number of aromatic hydroxyl groups is 1. The molecule has 1 heterocycles. The Hall–Kier alpha value is -1.06. The Morgan fingerprint density at radius 2 is 1.90 bits per heavy atom. The van der Waals surface area contributed by atoms with Crippen molar-refractivity contribution in [3.05, 3.63) is 29.3 Å². The van der Waals surface area contributed by atoms with Crippen molar-refractivity contribution in [1.82, 2.24) is 10.2 Å². The van der Waals surface area contributed by atoms with Gasteiger partial charge >= 0.3 is 0 Å². The third-order valence-electron chi connectivity index (χ3n) is 4.15.